The maximum absolute atomic E-state index is 6.01. The monoisotopic (exact) mass is 434 g/mol. The Morgan fingerprint density at radius 3 is 2.09 bits per heavy atom. The standard InChI is InChI=1S/C29H42N2O/c1-9-29(6,7)23(2)27(25-16-11-10-12-17-25)31(30-8)20-19-24-15-13-14-18-26(24)21-32-22-28(3,4)5/h10-18H,8-9,19-22H2,1-7H3/b27-23+. The van der Waals surface area contributed by atoms with E-state index in [0.717, 1.165) is 31.7 Å². The molecule has 0 atom stereocenters. The van der Waals surface area contributed by atoms with Crippen molar-refractivity contribution in [2.24, 2.45) is 15.9 Å². The Morgan fingerprint density at radius 2 is 1.53 bits per heavy atom. The Hall–Kier alpha value is -2.39. The van der Waals surface area contributed by atoms with E-state index >= 15 is 0 Å². The number of ether oxygens (including phenoxy) is 1. The van der Waals surface area contributed by atoms with Crippen LogP contribution in [0.2, 0.25) is 0 Å². The summed E-state index contributed by atoms with van der Waals surface area (Å²) in [5.41, 5.74) is 6.46. The van der Waals surface area contributed by atoms with E-state index in [1.54, 1.807) is 0 Å². The van der Waals surface area contributed by atoms with Gasteiger partial charge in [0.15, 0.2) is 0 Å². The van der Waals surface area contributed by atoms with Crippen molar-refractivity contribution in [1.29, 1.82) is 0 Å². The Balaban J connectivity index is 2.28. The van der Waals surface area contributed by atoms with E-state index in [1.165, 1.54) is 22.3 Å². The molecule has 2 aromatic carbocycles. The fraction of sp³-hybridized carbons (Fsp3) is 0.483. The summed E-state index contributed by atoms with van der Waals surface area (Å²) in [6, 6.07) is 19.1. The predicted octanol–water partition coefficient (Wildman–Crippen LogP) is 7.58. The van der Waals surface area contributed by atoms with E-state index in [4.69, 9.17) is 4.74 Å². The van der Waals surface area contributed by atoms with Crippen LogP contribution in [-0.2, 0) is 17.8 Å². The number of hydrazone groups is 1. The van der Waals surface area contributed by atoms with Crippen LogP contribution in [0.15, 0.2) is 65.3 Å². The topological polar surface area (TPSA) is 24.8 Å². The molecule has 0 unspecified atom stereocenters. The van der Waals surface area contributed by atoms with Crippen molar-refractivity contribution in [2.75, 3.05) is 13.2 Å². The molecule has 0 saturated carbocycles. The molecular formula is C29H42N2O. The van der Waals surface area contributed by atoms with Gasteiger partial charge in [-0.15, -0.1) is 0 Å². The number of hydrogen-bond donors (Lipinski definition) is 0. The first-order chi connectivity index (χ1) is 15.1. The van der Waals surface area contributed by atoms with Gasteiger partial charge in [0.25, 0.3) is 0 Å². The van der Waals surface area contributed by atoms with Crippen molar-refractivity contribution < 1.29 is 4.74 Å². The van der Waals surface area contributed by atoms with Gasteiger partial charge in [-0.05, 0) is 52.9 Å². The highest BCUT2D eigenvalue weighted by Gasteiger charge is 2.25. The van der Waals surface area contributed by atoms with Gasteiger partial charge in [0, 0.05) is 13.3 Å². The normalized spacial score (nSPS) is 13.0. The first kappa shape index (κ1) is 25.9. The fourth-order valence-corrected chi connectivity index (χ4v) is 3.63. The highest BCUT2D eigenvalue weighted by atomic mass is 16.5. The third-order valence-electron chi connectivity index (χ3n) is 6.23. The third kappa shape index (κ3) is 7.34. The van der Waals surface area contributed by atoms with Gasteiger partial charge in [-0.2, -0.15) is 5.10 Å². The predicted molar refractivity (Wildman–Crippen MR) is 139 cm³/mol. The molecule has 32 heavy (non-hydrogen) atoms. The first-order valence-electron chi connectivity index (χ1n) is 11.7. The minimum Gasteiger partial charge on any atom is -0.376 e. The van der Waals surface area contributed by atoms with Gasteiger partial charge < -0.3 is 4.74 Å². The average Bonchev–Trinajstić information content (AvgIpc) is 2.76. The zero-order chi connectivity index (χ0) is 23.8. The molecule has 0 aliphatic carbocycles. The Bertz CT molecular complexity index is 891. The molecule has 0 aromatic heterocycles. The smallest absolute Gasteiger partial charge is 0.0719 e. The van der Waals surface area contributed by atoms with Gasteiger partial charge in [-0.25, -0.2) is 0 Å². The highest BCUT2D eigenvalue weighted by Crippen LogP contribution is 2.37. The van der Waals surface area contributed by atoms with Gasteiger partial charge in [-0.3, -0.25) is 5.01 Å². The van der Waals surface area contributed by atoms with Crippen molar-refractivity contribution in [3.63, 3.8) is 0 Å². The summed E-state index contributed by atoms with van der Waals surface area (Å²) in [5, 5.41) is 6.55. The SMILES string of the molecule is C=NN(CCc1ccccc1COCC(C)(C)C)/C(=C(\C)C(C)(C)CC)c1ccccc1. The molecule has 0 aliphatic heterocycles. The molecule has 0 fully saturated rings. The van der Waals surface area contributed by atoms with Gasteiger partial charge >= 0.3 is 0 Å². The van der Waals surface area contributed by atoms with E-state index in [-0.39, 0.29) is 10.8 Å². The Labute approximate surface area is 196 Å². The summed E-state index contributed by atoms with van der Waals surface area (Å²) < 4.78 is 6.01. The van der Waals surface area contributed by atoms with Crippen LogP contribution in [0.25, 0.3) is 5.70 Å². The summed E-state index contributed by atoms with van der Waals surface area (Å²) in [4.78, 5) is 0. The van der Waals surface area contributed by atoms with Crippen molar-refractivity contribution in [3.8, 4) is 0 Å². The molecule has 2 rings (SSSR count). The summed E-state index contributed by atoms with van der Waals surface area (Å²) >= 11 is 0. The summed E-state index contributed by atoms with van der Waals surface area (Å²) in [5.74, 6) is 0. The fourth-order valence-electron chi connectivity index (χ4n) is 3.63. The second-order valence-corrected chi connectivity index (χ2v) is 10.4. The van der Waals surface area contributed by atoms with E-state index in [1.807, 2.05) is 0 Å². The van der Waals surface area contributed by atoms with E-state index in [2.05, 4.69) is 120 Å². The average molecular weight is 435 g/mol. The van der Waals surface area contributed by atoms with Gasteiger partial charge in [-0.1, -0.05) is 96.1 Å². The number of benzene rings is 2. The maximum Gasteiger partial charge on any atom is 0.0719 e. The second kappa shape index (κ2) is 11.5. The van der Waals surface area contributed by atoms with Crippen LogP contribution in [0.1, 0.15) is 71.6 Å². The molecule has 0 radical (unpaired) electrons. The summed E-state index contributed by atoms with van der Waals surface area (Å²) in [7, 11) is 0. The lowest BCUT2D eigenvalue weighted by Crippen LogP contribution is -2.24. The summed E-state index contributed by atoms with van der Waals surface area (Å²) in [6.07, 6.45) is 1.94. The molecule has 2 aromatic rings. The number of nitrogens with zero attached hydrogens (tertiary/aromatic N) is 2. The van der Waals surface area contributed by atoms with Crippen LogP contribution in [0.5, 0.6) is 0 Å². The number of rotatable bonds is 11. The van der Waals surface area contributed by atoms with E-state index in [0.29, 0.717) is 6.61 Å². The molecule has 0 spiro atoms. The molecule has 0 saturated heterocycles. The highest BCUT2D eigenvalue weighted by molar-refractivity contribution is 5.68. The van der Waals surface area contributed by atoms with Gasteiger partial charge in [0.05, 0.1) is 18.9 Å². The van der Waals surface area contributed by atoms with Gasteiger partial charge in [0.1, 0.15) is 0 Å². The Morgan fingerprint density at radius 1 is 0.938 bits per heavy atom. The molecule has 0 bridgehead atoms. The van der Waals surface area contributed by atoms with Crippen molar-refractivity contribution in [3.05, 3.63) is 76.9 Å². The molecule has 0 heterocycles. The number of allylic oxidation sites excluding steroid dienone is 1. The number of hydrogen-bond acceptors (Lipinski definition) is 3. The molecular weight excluding hydrogens is 392 g/mol. The maximum atomic E-state index is 6.01. The van der Waals surface area contributed by atoms with Crippen LogP contribution in [0.4, 0.5) is 0 Å². The quantitative estimate of drug-likeness (QED) is 0.269. The minimum absolute atomic E-state index is 0.0762. The molecule has 174 valence electrons. The zero-order valence-electron chi connectivity index (χ0n) is 21.2. The molecule has 3 heteroatoms. The zero-order valence-corrected chi connectivity index (χ0v) is 21.2. The Kier molecular flexibility index (Phi) is 9.27. The lowest BCUT2D eigenvalue weighted by molar-refractivity contribution is 0.0595. The summed E-state index contributed by atoms with van der Waals surface area (Å²) in [6.45, 7) is 21.7. The molecule has 0 aliphatic rings. The van der Waals surface area contributed by atoms with Crippen LogP contribution >= 0.6 is 0 Å². The first-order valence-corrected chi connectivity index (χ1v) is 11.7. The largest absolute Gasteiger partial charge is 0.376 e. The lowest BCUT2D eigenvalue weighted by Gasteiger charge is -2.32. The lowest BCUT2D eigenvalue weighted by atomic mass is 9.80. The third-order valence-corrected chi connectivity index (χ3v) is 6.23. The molecule has 0 N–H and O–H groups in total. The minimum atomic E-state index is 0.0762. The van der Waals surface area contributed by atoms with Crippen LogP contribution in [-0.4, -0.2) is 24.9 Å². The van der Waals surface area contributed by atoms with Crippen LogP contribution in [0.3, 0.4) is 0 Å². The van der Waals surface area contributed by atoms with Gasteiger partial charge in [0.2, 0.25) is 0 Å². The van der Waals surface area contributed by atoms with Crippen molar-refractivity contribution in [2.45, 2.75) is 67.9 Å². The second-order valence-electron chi connectivity index (χ2n) is 10.4. The van der Waals surface area contributed by atoms with Crippen LogP contribution < -0.4 is 0 Å². The van der Waals surface area contributed by atoms with E-state index in [9.17, 15) is 0 Å². The van der Waals surface area contributed by atoms with E-state index < -0.39 is 0 Å². The van der Waals surface area contributed by atoms with Crippen molar-refractivity contribution >= 4 is 12.4 Å². The molecule has 3 nitrogen and oxygen atoms in total. The molecule has 0 amide bonds. The van der Waals surface area contributed by atoms with Crippen LogP contribution in [0, 0.1) is 10.8 Å². The van der Waals surface area contributed by atoms with Crippen molar-refractivity contribution in [1.82, 2.24) is 5.01 Å².